The number of benzene rings is 2. The highest BCUT2D eigenvalue weighted by atomic mass is 16.1. The number of carbonyl (C=O) groups excluding carboxylic acids is 1. The predicted molar refractivity (Wildman–Crippen MR) is 99.5 cm³/mol. The summed E-state index contributed by atoms with van der Waals surface area (Å²) in [4.78, 5) is 12.6. The van der Waals surface area contributed by atoms with Crippen molar-refractivity contribution in [3.8, 4) is 6.07 Å². The van der Waals surface area contributed by atoms with Crippen LogP contribution in [-0.4, -0.2) is 12.5 Å². The van der Waals surface area contributed by atoms with E-state index in [0.717, 1.165) is 30.5 Å². The maximum Gasteiger partial charge on any atom is 0.264 e. The van der Waals surface area contributed by atoms with E-state index in [1.54, 1.807) is 0 Å². The summed E-state index contributed by atoms with van der Waals surface area (Å²) in [5.41, 5.74) is 2.02. The molecule has 1 amide bonds. The Balaban J connectivity index is 2.19. The van der Waals surface area contributed by atoms with Gasteiger partial charge in [-0.05, 0) is 17.5 Å². The lowest BCUT2D eigenvalue weighted by Gasteiger charge is -2.19. The van der Waals surface area contributed by atoms with Gasteiger partial charge in [0.25, 0.3) is 5.91 Å². The summed E-state index contributed by atoms with van der Waals surface area (Å²) in [5.74, 6) is -0.385. The van der Waals surface area contributed by atoms with Gasteiger partial charge in [0.1, 0.15) is 11.6 Å². The van der Waals surface area contributed by atoms with E-state index in [0.29, 0.717) is 0 Å². The number of nitrogens with one attached hydrogen (secondary N) is 2. The van der Waals surface area contributed by atoms with Crippen LogP contribution in [-0.2, 0) is 4.79 Å². The Morgan fingerprint density at radius 2 is 1.64 bits per heavy atom. The molecule has 0 unspecified atom stereocenters. The van der Waals surface area contributed by atoms with Gasteiger partial charge in [-0.15, -0.1) is 0 Å². The number of hydrogen-bond acceptors (Lipinski definition) is 3. The third-order valence-electron chi connectivity index (χ3n) is 3.83. The molecule has 0 aromatic heterocycles. The van der Waals surface area contributed by atoms with Crippen molar-refractivity contribution in [1.82, 2.24) is 10.6 Å². The first kappa shape index (κ1) is 18.3. The molecule has 2 rings (SSSR count). The molecule has 0 saturated heterocycles. The van der Waals surface area contributed by atoms with E-state index in [4.69, 9.17) is 0 Å². The number of hydrogen-bond donors (Lipinski definition) is 2. The van der Waals surface area contributed by atoms with Crippen LogP contribution >= 0.6 is 0 Å². The van der Waals surface area contributed by atoms with Crippen molar-refractivity contribution in [2.24, 2.45) is 0 Å². The Morgan fingerprint density at radius 1 is 1.08 bits per heavy atom. The van der Waals surface area contributed by atoms with Crippen molar-refractivity contribution in [2.75, 3.05) is 6.54 Å². The van der Waals surface area contributed by atoms with E-state index >= 15 is 0 Å². The van der Waals surface area contributed by atoms with Gasteiger partial charge in [-0.1, -0.05) is 74.0 Å². The monoisotopic (exact) mass is 333 g/mol. The van der Waals surface area contributed by atoms with E-state index in [1.165, 1.54) is 6.20 Å². The van der Waals surface area contributed by atoms with Crippen molar-refractivity contribution >= 4 is 5.91 Å². The van der Waals surface area contributed by atoms with Gasteiger partial charge in [-0.3, -0.25) is 4.79 Å². The van der Waals surface area contributed by atoms with E-state index in [9.17, 15) is 10.1 Å². The maximum absolute atomic E-state index is 12.6. The largest absolute Gasteiger partial charge is 0.390 e. The lowest BCUT2D eigenvalue weighted by Crippen LogP contribution is -2.31. The smallest absolute Gasteiger partial charge is 0.264 e. The van der Waals surface area contributed by atoms with Crippen LogP contribution in [0.25, 0.3) is 0 Å². The van der Waals surface area contributed by atoms with Crippen LogP contribution in [0.2, 0.25) is 0 Å². The molecular weight excluding hydrogens is 310 g/mol. The Kier molecular flexibility index (Phi) is 7.27. The first-order valence-corrected chi connectivity index (χ1v) is 8.50. The molecule has 128 valence electrons. The molecule has 0 saturated carbocycles. The van der Waals surface area contributed by atoms with Gasteiger partial charge in [0.15, 0.2) is 0 Å². The van der Waals surface area contributed by atoms with E-state index < -0.39 is 0 Å². The van der Waals surface area contributed by atoms with Crippen molar-refractivity contribution in [3.05, 3.63) is 83.6 Å². The molecule has 0 fully saturated rings. The molecule has 2 aromatic carbocycles. The second-order valence-electron chi connectivity index (χ2n) is 5.71. The third-order valence-corrected chi connectivity index (χ3v) is 3.83. The number of amides is 1. The molecule has 0 spiro atoms. The first-order chi connectivity index (χ1) is 12.3. The van der Waals surface area contributed by atoms with E-state index in [1.807, 2.05) is 66.7 Å². The molecule has 0 bridgehead atoms. The van der Waals surface area contributed by atoms with Gasteiger partial charge in [0, 0.05) is 12.7 Å². The summed E-state index contributed by atoms with van der Waals surface area (Å²) in [6, 6.07) is 21.1. The molecule has 0 radical (unpaired) electrons. The summed E-state index contributed by atoms with van der Waals surface area (Å²) in [6.45, 7) is 2.84. The Morgan fingerprint density at radius 3 is 2.12 bits per heavy atom. The lowest BCUT2D eigenvalue weighted by atomic mass is 9.98. The highest BCUT2D eigenvalue weighted by molar-refractivity contribution is 5.97. The number of carbonyl (C=O) groups is 1. The standard InChI is InChI=1S/C21H23N3O/c1-2-3-14-23-16-19(15-22)21(25)24-20(17-10-6-4-7-11-17)18-12-8-5-9-13-18/h4-13,16,20,23H,2-3,14H2,1H3,(H,24,25)/b19-16-. The predicted octanol–water partition coefficient (Wildman–Crippen LogP) is 3.69. The first-order valence-electron chi connectivity index (χ1n) is 8.50. The summed E-state index contributed by atoms with van der Waals surface area (Å²) in [5, 5.41) is 15.3. The average Bonchev–Trinajstić information content (AvgIpc) is 2.67. The average molecular weight is 333 g/mol. The van der Waals surface area contributed by atoms with E-state index in [2.05, 4.69) is 17.6 Å². The Bertz CT molecular complexity index is 693. The molecule has 25 heavy (non-hydrogen) atoms. The molecular formula is C21H23N3O. The molecule has 0 heterocycles. The zero-order valence-electron chi connectivity index (χ0n) is 14.4. The second kappa shape index (κ2) is 9.94. The van der Waals surface area contributed by atoms with Gasteiger partial charge >= 0.3 is 0 Å². The quantitative estimate of drug-likeness (QED) is 0.440. The van der Waals surface area contributed by atoms with Crippen LogP contribution in [0.5, 0.6) is 0 Å². The molecule has 4 nitrogen and oxygen atoms in total. The minimum Gasteiger partial charge on any atom is -0.390 e. The number of rotatable bonds is 8. The SMILES string of the molecule is CCCCN/C=C(/C#N)C(=O)NC(c1ccccc1)c1ccccc1. The fourth-order valence-corrected chi connectivity index (χ4v) is 2.46. The van der Waals surface area contributed by atoms with Crippen LogP contribution in [0.1, 0.15) is 36.9 Å². The normalized spacial score (nSPS) is 11.0. The molecule has 4 heteroatoms. The molecule has 2 aromatic rings. The molecule has 0 aliphatic heterocycles. The summed E-state index contributed by atoms with van der Waals surface area (Å²) >= 11 is 0. The fourth-order valence-electron chi connectivity index (χ4n) is 2.46. The van der Waals surface area contributed by atoms with Crippen LogP contribution in [0.3, 0.4) is 0 Å². The molecule has 2 N–H and O–H groups in total. The van der Waals surface area contributed by atoms with Crippen molar-refractivity contribution in [3.63, 3.8) is 0 Å². The Labute approximate surface area is 149 Å². The van der Waals surface area contributed by atoms with Crippen molar-refractivity contribution < 1.29 is 4.79 Å². The van der Waals surface area contributed by atoms with Crippen molar-refractivity contribution in [2.45, 2.75) is 25.8 Å². The fraction of sp³-hybridized carbons (Fsp3) is 0.238. The number of nitrogens with zero attached hydrogens (tertiary/aromatic N) is 1. The zero-order chi connectivity index (χ0) is 17.9. The van der Waals surface area contributed by atoms with Crippen molar-refractivity contribution in [1.29, 1.82) is 5.26 Å². The van der Waals surface area contributed by atoms with Crippen LogP contribution in [0.15, 0.2) is 72.4 Å². The summed E-state index contributed by atoms with van der Waals surface area (Å²) < 4.78 is 0. The number of nitriles is 1. The topological polar surface area (TPSA) is 64.9 Å². The molecule has 0 aliphatic carbocycles. The second-order valence-corrected chi connectivity index (χ2v) is 5.71. The highest BCUT2D eigenvalue weighted by Gasteiger charge is 2.18. The van der Waals surface area contributed by atoms with Crippen LogP contribution < -0.4 is 10.6 Å². The summed E-state index contributed by atoms with van der Waals surface area (Å²) in [7, 11) is 0. The van der Waals surface area contributed by atoms with Gasteiger partial charge in [-0.2, -0.15) is 5.26 Å². The van der Waals surface area contributed by atoms with Gasteiger partial charge < -0.3 is 10.6 Å². The van der Waals surface area contributed by atoms with Crippen LogP contribution in [0.4, 0.5) is 0 Å². The highest BCUT2D eigenvalue weighted by Crippen LogP contribution is 2.22. The molecule has 0 atom stereocenters. The summed E-state index contributed by atoms with van der Waals surface area (Å²) in [6.07, 6.45) is 3.55. The lowest BCUT2D eigenvalue weighted by molar-refractivity contribution is -0.117. The minimum atomic E-state index is -0.385. The van der Waals surface area contributed by atoms with Gasteiger partial charge in [-0.25, -0.2) is 0 Å². The number of unbranched alkanes of at least 4 members (excludes halogenated alkanes) is 1. The van der Waals surface area contributed by atoms with Crippen LogP contribution in [0, 0.1) is 11.3 Å². The van der Waals surface area contributed by atoms with Gasteiger partial charge in [0.2, 0.25) is 0 Å². The molecule has 0 aliphatic rings. The third kappa shape index (κ3) is 5.50. The van der Waals surface area contributed by atoms with Gasteiger partial charge in [0.05, 0.1) is 6.04 Å². The van der Waals surface area contributed by atoms with E-state index in [-0.39, 0.29) is 17.5 Å². The zero-order valence-corrected chi connectivity index (χ0v) is 14.4. The maximum atomic E-state index is 12.6. The Hall–Kier alpha value is -3.06. The minimum absolute atomic E-state index is 0.0768.